The number of methoxy groups -OCH3 is 1. The lowest BCUT2D eigenvalue weighted by molar-refractivity contribution is -0.117. The van der Waals surface area contributed by atoms with Gasteiger partial charge in [0.05, 0.1) is 12.7 Å². The zero-order chi connectivity index (χ0) is 20.1. The number of benzene rings is 2. The molecule has 2 amide bonds. The van der Waals surface area contributed by atoms with Crippen LogP contribution < -0.4 is 10.2 Å². The van der Waals surface area contributed by atoms with Crippen molar-refractivity contribution >= 4 is 35.2 Å². The zero-order valence-electron chi connectivity index (χ0n) is 15.9. The number of nitrogens with one attached hydrogen (secondary N) is 1. The predicted octanol–water partition coefficient (Wildman–Crippen LogP) is 3.56. The molecule has 1 saturated heterocycles. The molecular formula is C22H22N2O4. The van der Waals surface area contributed by atoms with E-state index >= 15 is 0 Å². The van der Waals surface area contributed by atoms with Crippen LogP contribution in [0.25, 0.3) is 6.08 Å². The maximum atomic E-state index is 12.2. The highest BCUT2D eigenvalue weighted by Crippen LogP contribution is 2.22. The summed E-state index contributed by atoms with van der Waals surface area (Å²) in [6.07, 6.45) is 4.61. The van der Waals surface area contributed by atoms with E-state index in [-0.39, 0.29) is 11.8 Å². The van der Waals surface area contributed by atoms with Crippen LogP contribution >= 0.6 is 0 Å². The lowest BCUT2D eigenvalue weighted by Crippen LogP contribution is -2.23. The fourth-order valence-electron chi connectivity index (χ4n) is 3.13. The number of carbonyl (C=O) groups excluding carboxylic acids is 3. The molecule has 28 heavy (non-hydrogen) atoms. The third-order valence-electron chi connectivity index (χ3n) is 4.70. The largest absolute Gasteiger partial charge is 0.465 e. The van der Waals surface area contributed by atoms with Gasteiger partial charge in [-0.1, -0.05) is 18.2 Å². The molecule has 0 aromatic heterocycles. The minimum atomic E-state index is -0.444. The van der Waals surface area contributed by atoms with Crippen LogP contribution in [0.3, 0.4) is 0 Å². The number of rotatable bonds is 5. The molecule has 0 spiro atoms. The summed E-state index contributed by atoms with van der Waals surface area (Å²) < 4.78 is 4.75. The quantitative estimate of drug-likeness (QED) is 0.638. The van der Waals surface area contributed by atoms with Crippen LogP contribution in [0.5, 0.6) is 0 Å². The number of nitrogens with zero attached hydrogens (tertiary/aromatic N) is 1. The van der Waals surface area contributed by atoms with Crippen molar-refractivity contribution in [3.8, 4) is 0 Å². The van der Waals surface area contributed by atoms with Gasteiger partial charge in [-0.3, -0.25) is 9.59 Å². The van der Waals surface area contributed by atoms with Crippen LogP contribution in [0, 0.1) is 6.92 Å². The molecule has 1 heterocycles. The SMILES string of the molecule is COC(=O)c1cccc(NC(=O)/C=C/c2ccc(N3CCCC3=O)cc2)c1C. The summed E-state index contributed by atoms with van der Waals surface area (Å²) in [6, 6.07) is 12.6. The second-order valence-electron chi connectivity index (χ2n) is 6.53. The third-order valence-corrected chi connectivity index (χ3v) is 4.70. The van der Waals surface area contributed by atoms with E-state index in [1.807, 2.05) is 24.3 Å². The summed E-state index contributed by atoms with van der Waals surface area (Å²) in [5, 5.41) is 2.78. The molecule has 144 valence electrons. The van der Waals surface area contributed by atoms with Gasteiger partial charge in [-0.2, -0.15) is 0 Å². The second kappa shape index (κ2) is 8.52. The van der Waals surface area contributed by atoms with Gasteiger partial charge in [-0.25, -0.2) is 4.79 Å². The first kappa shape index (κ1) is 19.4. The maximum absolute atomic E-state index is 12.2. The first-order valence-electron chi connectivity index (χ1n) is 9.07. The van der Waals surface area contributed by atoms with Crippen molar-refractivity contribution in [1.29, 1.82) is 0 Å². The van der Waals surface area contributed by atoms with E-state index in [0.29, 0.717) is 23.2 Å². The average Bonchev–Trinajstić information content (AvgIpc) is 3.13. The van der Waals surface area contributed by atoms with Crippen LogP contribution in [0.4, 0.5) is 11.4 Å². The van der Waals surface area contributed by atoms with Gasteiger partial charge in [0.2, 0.25) is 11.8 Å². The Morgan fingerprint density at radius 1 is 1.14 bits per heavy atom. The number of hydrogen-bond acceptors (Lipinski definition) is 4. The highest BCUT2D eigenvalue weighted by molar-refractivity contribution is 6.03. The number of carbonyl (C=O) groups is 3. The van der Waals surface area contributed by atoms with Crippen LogP contribution in [0.15, 0.2) is 48.5 Å². The molecule has 3 rings (SSSR count). The van der Waals surface area contributed by atoms with Crippen LogP contribution in [0.1, 0.15) is 34.3 Å². The average molecular weight is 378 g/mol. The number of esters is 1. The van der Waals surface area contributed by atoms with Gasteiger partial charge in [-0.15, -0.1) is 0 Å². The van der Waals surface area contributed by atoms with Crippen molar-refractivity contribution in [3.63, 3.8) is 0 Å². The summed E-state index contributed by atoms with van der Waals surface area (Å²) in [6.45, 7) is 2.50. The minimum absolute atomic E-state index is 0.146. The topological polar surface area (TPSA) is 75.7 Å². The molecule has 2 aromatic carbocycles. The Hall–Kier alpha value is -3.41. The van der Waals surface area contributed by atoms with E-state index in [0.717, 1.165) is 24.2 Å². The van der Waals surface area contributed by atoms with Gasteiger partial charge in [-0.05, 0) is 54.8 Å². The first-order valence-corrected chi connectivity index (χ1v) is 9.07. The fraction of sp³-hybridized carbons (Fsp3) is 0.227. The molecule has 0 atom stereocenters. The number of anilines is 2. The number of ether oxygens (including phenoxy) is 1. The Kier molecular flexibility index (Phi) is 5.89. The van der Waals surface area contributed by atoms with Crippen LogP contribution in [-0.2, 0) is 14.3 Å². The number of hydrogen-bond donors (Lipinski definition) is 1. The second-order valence-corrected chi connectivity index (χ2v) is 6.53. The summed E-state index contributed by atoms with van der Waals surface area (Å²) >= 11 is 0. The predicted molar refractivity (Wildman–Crippen MR) is 108 cm³/mol. The number of amides is 2. The van der Waals surface area contributed by atoms with E-state index < -0.39 is 5.97 Å². The van der Waals surface area contributed by atoms with Gasteiger partial charge < -0.3 is 15.0 Å². The van der Waals surface area contributed by atoms with Crippen molar-refractivity contribution in [1.82, 2.24) is 0 Å². The Labute approximate surface area is 163 Å². The van der Waals surface area contributed by atoms with Gasteiger partial charge >= 0.3 is 5.97 Å². The molecule has 0 bridgehead atoms. The van der Waals surface area contributed by atoms with Crippen LogP contribution in [0.2, 0.25) is 0 Å². The van der Waals surface area contributed by atoms with Crippen molar-refractivity contribution in [2.24, 2.45) is 0 Å². The Bertz CT molecular complexity index is 932. The highest BCUT2D eigenvalue weighted by atomic mass is 16.5. The summed E-state index contributed by atoms with van der Waals surface area (Å²) in [5.41, 5.74) is 3.34. The fourth-order valence-corrected chi connectivity index (χ4v) is 3.13. The van der Waals surface area contributed by atoms with Crippen molar-refractivity contribution < 1.29 is 19.1 Å². The summed E-state index contributed by atoms with van der Waals surface area (Å²) in [7, 11) is 1.32. The van der Waals surface area contributed by atoms with E-state index in [4.69, 9.17) is 4.74 Å². The molecule has 1 aliphatic heterocycles. The molecule has 1 N–H and O–H groups in total. The molecule has 1 aliphatic rings. The van der Waals surface area contributed by atoms with E-state index in [9.17, 15) is 14.4 Å². The van der Waals surface area contributed by atoms with E-state index in [1.165, 1.54) is 13.2 Å². The lowest BCUT2D eigenvalue weighted by Gasteiger charge is -2.15. The molecule has 6 nitrogen and oxygen atoms in total. The first-order chi connectivity index (χ1) is 13.5. The molecule has 1 fully saturated rings. The molecular weight excluding hydrogens is 356 g/mol. The third kappa shape index (κ3) is 4.28. The Morgan fingerprint density at radius 3 is 2.54 bits per heavy atom. The maximum Gasteiger partial charge on any atom is 0.338 e. The lowest BCUT2D eigenvalue weighted by atomic mass is 10.1. The molecule has 6 heteroatoms. The van der Waals surface area contributed by atoms with Crippen molar-refractivity contribution in [2.45, 2.75) is 19.8 Å². The van der Waals surface area contributed by atoms with Gasteiger partial charge in [0.15, 0.2) is 0 Å². The Balaban J connectivity index is 1.66. The van der Waals surface area contributed by atoms with Crippen molar-refractivity contribution in [2.75, 3.05) is 23.9 Å². The van der Waals surface area contributed by atoms with Crippen molar-refractivity contribution in [3.05, 3.63) is 65.2 Å². The highest BCUT2D eigenvalue weighted by Gasteiger charge is 2.21. The molecule has 0 radical (unpaired) electrons. The zero-order valence-corrected chi connectivity index (χ0v) is 15.9. The van der Waals surface area contributed by atoms with Gasteiger partial charge in [0.1, 0.15) is 0 Å². The van der Waals surface area contributed by atoms with Crippen LogP contribution in [-0.4, -0.2) is 31.4 Å². The monoisotopic (exact) mass is 378 g/mol. The minimum Gasteiger partial charge on any atom is -0.465 e. The van der Waals surface area contributed by atoms with E-state index in [1.54, 1.807) is 36.1 Å². The van der Waals surface area contributed by atoms with Gasteiger partial charge in [0, 0.05) is 30.4 Å². The summed E-state index contributed by atoms with van der Waals surface area (Å²) in [4.78, 5) is 37.6. The molecule has 0 saturated carbocycles. The van der Waals surface area contributed by atoms with Gasteiger partial charge in [0.25, 0.3) is 0 Å². The normalized spacial score (nSPS) is 13.8. The smallest absolute Gasteiger partial charge is 0.338 e. The Morgan fingerprint density at radius 2 is 1.89 bits per heavy atom. The van der Waals surface area contributed by atoms with E-state index in [2.05, 4.69) is 5.32 Å². The molecule has 0 unspecified atom stereocenters. The summed E-state index contributed by atoms with van der Waals surface area (Å²) in [5.74, 6) is -0.600. The standard InChI is InChI=1S/C22H22N2O4/c1-15-18(22(27)28-2)5-3-6-19(15)23-20(25)13-10-16-8-11-17(12-9-16)24-14-4-7-21(24)26/h3,5-6,8-13H,4,7,14H2,1-2H3,(H,23,25)/b13-10+. The molecule has 2 aromatic rings. The molecule has 0 aliphatic carbocycles.